The van der Waals surface area contributed by atoms with Gasteiger partial charge in [-0.1, -0.05) is 103 Å². The molecule has 5 aromatic rings. The van der Waals surface area contributed by atoms with Crippen LogP contribution in [0.3, 0.4) is 0 Å². The quantitative estimate of drug-likeness (QED) is 0.277. The fourth-order valence-corrected chi connectivity index (χ4v) is 4.60. The van der Waals surface area contributed by atoms with Gasteiger partial charge in [-0.2, -0.15) is 9.61 Å². The molecule has 2 heterocycles. The number of fused-ring (bicyclic) bond motifs is 1. The summed E-state index contributed by atoms with van der Waals surface area (Å²) in [6.07, 6.45) is 0. The maximum Gasteiger partial charge on any atom is 0.341 e. The summed E-state index contributed by atoms with van der Waals surface area (Å²) in [5.74, 6) is -0.397. The summed E-state index contributed by atoms with van der Waals surface area (Å²) in [5.41, 5.74) is 4.43. The fourth-order valence-electron chi connectivity index (χ4n) is 4.32. The standard InChI is InChI=1S/C28H23ClN4O2/c1-19-23(28(34)35)26-30-25(29)24(22-15-9-4-10-16-22)27(33(26)31-19)32(17-20-11-5-2-6-12-20)18-21-13-7-3-8-14-21/h2-16H,17-18H2,1H3,(H,34,35). The highest BCUT2D eigenvalue weighted by Gasteiger charge is 2.27. The van der Waals surface area contributed by atoms with E-state index in [9.17, 15) is 9.90 Å². The molecule has 0 aliphatic heterocycles. The molecule has 7 heteroatoms. The molecule has 0 aliphatic rings. The second kappa shape index (κ2) is 9.60. The molecule has 0 atom stereocenters. The Hall–Kier alpha value is -4.16. The van der Waals surface area contributed by atoms with Gasteiger partial charge in [0.2, 0.25) is 0 Å². The number of nitrogens with zero attached hydrogens (tertiary/aromatic N) is 4. The molecule has 1 N–H and O–H groups in total. The molecular formula is C28H23ClN4O2. The van der Waals surface area contributed by atoms with Crippen molar-refractivity contribution in [2.24, 2.45) is 0 Å². The van der Waals surface area contributed by atoms with Crippen LogP contribution in [0.4, 0.5) is 5.82 Å². The van der Waals surface area contributed by atoms with Crippen LogP contribution in [0.1, 0.15) is 27.2 Å². The van der Waals surface area contributed by atoms with E-state index < -0.39 is 5.97 Å². The van der Waals surface area contributed by atoms with Crippen LogP contribution in [-0.4, -0.2) is 25.7 Å². The molecule has 0 fully saturated rings. The molecule has 35 heavy (non-hydrogen) atoms. The number of aryl methyl sites for hydroxylation is 1. The van der Waals surface area contributed by atoms with Crippen LogP contribution in [0.15, 0.2) is 91.0 Å². The van der Waals surface area contributed by atoms with Crippen molar-refractivity contribution in [2.75, 3.05) is 4.90 Å². The van der Waals surface area contributed by atoms with E-state index >= 15 is 0 Å². The van der Waals surface area contributed by atoms with Crippen molar-refractivity contribution < 1.29 is 9.90 Å². The normalized spacial score (nSPS) is 11.0. The van der Waals surface area contributed by atoms with Crippen LogP contribution >= 0.6 is 11.6 Å². The Morgan fingerprint density at radius 1 is 0.886 bits per heavy atom. The van der Waals surface area contributed by atoms with Gasteiger partial charge in [-0.15, -0.1) is 0 Å². The number of hydrogen-bond donors (Lipinski definition) is 1. The minimum Gasteiger partial charge on any atom is -0.477 e. The topological polar surface area (TPSA) is 70.7 Å². The summed E-state index contributed by atoms with van der Waals surface area (Å²) in [6, 6.07) is 30.0. The lowest BCUT2D eigenvalue weighted by Crippen LogP contribution is -2.26. The van der Waals surface area contributed by atoms with Crippen molar-refractivity contribution in [3.05, 3.63) is 119 Å². The Balaban J connectivity index is 1.81. The molecule has 0 unspecified atom stereocenters. The highest BCUT2D eigenvalue weighted by atomic mass is 35.5. The van der Waals surface area contributed by atoms with Gasteiger partial charge in [-0.05, 0) is 23.6 Å². The van der Waals surface area contributed by atoms with Gasteiger partial charge in [-0.3, -0.25) is 0 Å². The molecule has 5 rings (SSSR count). The number of carboxylic acids is 1. The molecule has 0 bridgehead atoms. The van der Waals surface area contributed by atoms with Crippen molar-refractivity contribution in [3.8, 4) is 11.1 Å². The first-order chi connectivity index (χ1) is 17.0. The Bertz CT molecular complexity index is 1440. The van der Waals surface area contributed by atoms with E-state index in [0.29, 0.717) is 30.2 Å². The van der Waals surface area contributed by atoms with E-state index in [1.54, 1.807) is 11.4 Å². The summed E-state index contributed by atoms with van der Waals surface area (Å²) < 4.78 is 1.62. The van der Waals surface area contributed by atoms with Crippen LogP contribution in [-0.2, 0) is 13.1 Å². The third-order valence-corrected chi connectivity index (χ3v) is 6.15. The van der Waals surface area contributed by atoms with Crippen molar-refractivity contribution >= 4 is 29.0 Å². The van der Waals surface area contributed by atoms with E-state index in [-0.39, 0.29) is 16.4 Å². The van der Waals surface area contributed by atoms with E-state index in [1.807, 2.05) is 66.7 Å². The maximum atomic E-state index is 12.1. The van der Waals surface area contributed by atoms with E-state index in [1.165, 1.54) is 0 Å². The number of carboxylic acid groups (broad SMARTS) is 1. The summed E-state index contributed by atoms with van der Waals surface area (Å²) in [5, 5.41) is 14.7. The number of benzene rings is 3. The zero-order chi connectivity index (χ0) is 24.4. The number of carbonyl (C=O) groups is 1. The molecule has 0 spiro atoms. The Morgan fingerprint density at radius 2 is 1.40 bits per heavy atom. The Kier molecular flexibility index (Phi) is 6.21. The first-order valence-electron chi connectivity index (χ1n) is 11.2. The zero-order valence-electron chi connectivity index (χ0n) is 19.1. The van der Waals surface area contributed by atoms with Gasteiger partial charge in [0.1, 0.15) is 16.5 Å². The summed E-state index contributed by atoms with van der Waals surface area (Å²) in [4.78, 5) is 18.8. The molecule has 0 radical (unpaired) electrons. The van der Waals surface area contributed by atoms with E-state index in [4.69, 9.17) is 11.6 Å². The number of halogens is 1. The van der Waals surface area contributed by atoms with E-state index in [2.05, 4.69) is 39.2 Å². The lowest BCUT2D eigenvalue weighted by atomic mass is 10.1. The smallest absolute Gasteiger partial charge is 0.341 e. The summed E-state index contributed by atoms with van der Waals surface area (Å²) in [7, 11) is 0. The van der Waals surface area contributed by atoms with Crippen LogP contribution in [0.25, 0.3) is 16.8 Å². The van der Waals surface area contributed by atoms with Gasteiger partial charge in [-0.25, -0.2) is 9.78 Å². The van der Waals surface area contributed by atoms with Gasteiger partial charge >= 0.3 is 5.97 Å². The first-order valence-corrected chi connectivity index (χ1v) is 11.6. The fraction of sp³-hybridized carbons (Fsp3) is 0.107. The minimum atomic E-state index is -1.09. The molecule has 0 saturated heterocycles. The van der Waals surface area contributed by atoms with Gasteiger partial charge in [0, 0.05) is 13.1 Å². The van der Waals surface area contributed by atoms with Crippen molar-refractivity contribution in [1.82, 2.24) is 14.6 Å². The Labute approximate surface area is 208 Å². The molecule has 2 aromatic heterocycles. The highest BCUT2D eigenvalue weighted by molar-refractivity contribution is 6.33. The predicted octanol–water partition coefficient (Wildman–Crippen LogP) is 6.26. The molecule has 0 saturated carbocycles. The minimum absolute atomic E-state index is 0.0483. The monoisotopic (exact) mass is 482 g/mol. The van der Waals surface area contributed by atoms with Crippen LogP contribution < -0.4 is 4.90 Å². The maximum absolute atomic E-state index is 12.1. The second-order valence-electron chi connectivity index (χ2n) is 8.30. The Morgan fingerprint density at radius 3 is 1.91 bits per heavy atom. The van der Waals surface area contributed by atoms with E-state index in [0.717, 1.165) is 16.7 Å². The largest absolute Gasteiger partial charge is 0.477 e. The summed E-state index contributed by atoms with van der Waals surface area (Å²) >= 11 is 6.81. The van der Waals surface area contributed by atoms with Gasteiger partial charge in [0.05, 0.1) is 11.3 Å². The second-order valence-corrected chi connectivity index (χ2v) is 8.65. The number of aromatic nitrogens is 3. The molecule has 6 nitrogen and oxygen atoms in total. The number of rotatable bonds is 7. The van der Waals surface area contributed by atoms with Crippen molar-refractivity contribution in [1.29, 1.82) is 0 Å². The average molecular weight is 483 g/mol. The van der Waals surface area contributed by atoms with Crippen molar-refractivity contribution in [3.63, 3.8) is 0 Å². The van der Waals surface area contributed by atoms with Gasteiger partial charge < -0.3 is 10.0 Å². The lowest BCUT2D eigenvalue weighted by Gasteiger charge is -2.28. The van der Waals surface area contributed by atoms with Crippen LogP contribution in [0, 0.1) is 6.92 Å². The molecule has 0 amide bonds. The van der Waals surface area contributed by atoms with Crippen LogP contribution in [0.5, 0.6) is 0 Å². The molecule has 3 aromatic carbocycles. The SMILES string of the molecule is Cc1nn2c(N(Cc3ccccc3)Cc3ccccc3)c(-c3ccccc3)c(Cl)nc2c1C(=O)O. The first kappa shape index (κ1) is 22.6. The van der Waals surface area contributed by atoms with Crippen LogP contribution in [0.2, 0.25) is 5.15 Å². The zero-order valence-corrected chi connectivity index (χ0v) is 19.9. The lowest BCUT2D eigenvalue weighted by molar-refractivity contribution is 0.0698. The van der Waals surface area contributed by atoms with Gasteiger partial charge in [0.25, 0.3) is 0 Å². The molecule has 174 valence electrons. The number of aromatic carboxylic acids is 1. The third-order valence-electron chi connectivity index (χ3n) is 5.88. The highest BCUT2D eigenvalue weighted by Crippen LogP contribution is 2.38. The number of anilines is 1. The third kappa shape index (κ3) is 4.48. The predicted molar refractivity (Wildman–Crippen MR) is 138 cm³/mol. The van der Waals surface area contributed by atoms with Gasteiger partial charge in [0.15, 0.2) is 5.65 Å². The average Bonchev–Trinajstić information content (AvgIpc) is 3.20. The molecule has 0 aliphatic carbocycles. The number of hydrogen-bond acceptors (Lipinski definition) is 4. The molecular weight excluding hydrogens is 460 g/mol. The van der Waals surface area contributed by atoms with Crippen molar-refractivity contribution in [2.45, 2.75) is 20.0 Å². The summed E-state index contributed by atoms with van der Waals surface area (Å²) in [6.45, 7) is 2.80.